The lowest BCUT2D eigenvalue weighted by molar-refractivity contribution is -0.123. The van der Waals surface area contributed by atoms with Crippen LogP contribution in [0.1, 0.15) is 27.7 Å². The minimum atomic E-state index is -3.41. The normalized spacial score (nSPS) is 28.9. The van der Waals surface area contributed by atoms with Crippen molar-refractivity contribution in [3.8, 4) is 0 Å². The van der Waals surface area contributed by atoms with Crippen LogP contribution in [-0.2, 0) is 23.1 Å². The summed E-state index contributed by atoms with van der Waals surface area (Å²) in [4.78, 5) is 11.8. The number of rotatable bonds is 4. The summed E-state index contributed by atoms with van der Waals surface area (Å²) in [6.07, 6.45) is -0.799. The van der Waals surface area contributed by atoms with Crippen LogP contribution >= 0.6 is 7.60 Å². The molecule has 1 aliphatic rings. The van der Waals surface area contributed by atoms with Crippen molar-refractivity contribution >= 4 is 13.5 Å². The third-order valence-corrected chi connectivity index (χ3v) is 4.94. The SMILES string of the molecule is COP(=O)(OC)C1(C)OC1C(=O)NC(C)(C)C. The van der Waals surface area contributed by atoms with E-state index in [1.54, 1.807) is 6.92 Å². The summed E-state index contributed by atoms with van der Waals surface area (Å²) in [5.41, 5.74) is -0.367. The number of amides is 1. The van der Waals surface area contributed by atoms with Crippen LogP contribution in [0.2, 0.25) is 0 Å². The van der Waals surface area contributed by atoms with Crippen molar-refractivity contribution in [1.29, 1.82) is 0 Å². The predicted octanol–water partition coefficient (Wildman–Crippen LogP) is 1.50. The van der Waals surface area contributed by atoms with Crippen LogP contribution in [0, 0.1) is 0 Å². The first kappa shape index (κ1) is 14.6. The van der Waals surface area contributed by atoms with Gasteiger partial charge in [0.25, 0.3) is 5.91 Å². The third-order valence-electron chi connectivity index (χ3n) is 2.55. The van der Waals surface area contributed by atoms with Gasteiger partial charge >= 0.3 is 7.60 Å². The molecule has 0 aromatic carbocycles. The van der Waals surface area contributed by atoms with Gasteiger partial charge in [-0.2, -0.15) is 0 Å². The highest BCUT2D eigenvalue weighted by Crippen LogP contribution is 2.68. The zero-order valence-corrected chi connectivity index (χ0v) is 12.0. The number of ether oxygens (including phenoxy) is 1. The second kappa shape index (κ2) is 4.35. The molecule has 0 aromatic rings. The maximum absolute atomic E-state index is 12.2. The molecule has 1 aliphatic heterocycles. The average Bonchev–Trinajstić information content (AvgIpc) is 2.89. The Hall–Kier alpha value is -0.420. The molecular weight excluding hydrogens is 245 g/mol. The summed E-state index contributed by atoms with van der Waals surface area (Å²) in [6.45, 7) is 7.12. The summed E-state index contributed by atoms with van der Waals surface area (Å²) in [5.74, 6) is -0.311. The van der Waals surface area contributed by atoms with E-state index in [2.05, 4.69) is 5.32 Å². The van der Waals surface area contributed by atoms with Gasteiger partial charge in [0.15, 0.2) is 6.10 Å². The zero-order valence-electron chi connectivity index (χ0n) is 11.1. The molecule has 0 bridgehead atoms. The summed E-state index contributed by atoms with van der Waals surface area (Å²) >= 11 is 0. The number of epoxide rings is 1. The first-order valence-corrected chi connectivity index (χ1v) is 6.85. The first-order chi connectivity index (χ1) is 7.59. The van der Waals surface area contributed by atoms with Crippen molar-refractivity contribution in [2.45, 2.75) is 44.7 Å². The smallest absolute Gasteiger partial charge is 0.349 e. The molecule has 0 radical (unpaired) electrons. The molecule has 1 amide bonds. The summed E-state index contributed by atoms with van der Waals surface area (Å²) in [7, 11) is -0.865. The molecule has 17 heavy (non-hydrogen) atoms. The lowest BCUT2D eigenvalue weighted by atomic mass is 10.1. The van der Waals surface area contributed by atoms with Gasteiger partial charge in [0.1, 0.15) is 0 Å². The lowest BCUT2D eigenvalue weighted by Gasteiger charge is -2.21. The van der Waals surface area contributed by atoms with Gasteiger partial charge < -0.3 is 19.1 Å². The third kappa shape index (κ3) is 2.71. The maximum Gasteiger partial charge on any atom is 0.364 e. The molecule has 0 aromatic heterocycles. The van der Waals surface area contributed by atoms with Gasteiger partial charge in [0.2, 0.25) is 5.34 Å². The van der Waals surface area contributed by atoms with Gasteiger partial charge in [0, 0.05) is 19.8 Å². The quantitative estimate of drug-likeness (QED) is 0.615. The Kier molecular flexibility index (Phi) is 3.75. The number of hydrogen-bond acceptors (Lipinski definition) is 5. The van der Waals surface area contributed by atoms with Crippen molar-refractivity contribution in [3.05, 3.63) is 0 Å². The first-order valence-electron chi connectivity index (χ1n) is 5.31. The number of carbonyl (C=O) groups excluding carboxylic acids is 1. The van der Waals surface area contributed by atoms with Crippen molar-refractivity contribution < 1.29 is 23.1 Å². The van der Waals surface area contributed by atoms with Crippen LogP contribution in [0.3, 0.4) is 0 Å². The fourth-order valence-corrected chi connectivity index (χ4v) is 3.09. The fraction of sp³-hybridized carbons (Fsp3) is 0.900. The molecule has 1 rings (SSSR count). The van der Waals surface area contributed by atoms with Crippen LogP contribution in [0.15, 0.2) is 0 Å². The second-order valence-electron chi connectivity index (χ2n) is 5.15. The largest absolute Gasteiger partial charge is 0.364 e. The summed E-state index contributed by atoms with van der Waals surface area (Å²) in [5, 5.41) is 1.57. The molecule has 1 heterocycles. The van der Waals surface area contributed by atoms with Gasteiger partial charge in [-0.3, -0.25) is 9.36 Å². The van der Waals surface area contributed by atoms with Crippen LogP contribution in [-0.4, -0.2) is 37.1 Å². The van der Waals surface area contributed by atoms with Crippen molar-refractivity contribution in [1.82, 2.24) is 5.32 Å². The summed E-state index contributed by atoms with van der Waals surface area (Å²) < 4.78 is 27.1. The predicted molar refractivity (Wildman–Crippen MR) is 62.8 cm³/mol. The molecule has 0 aliphatic carbocycles. The topological polar surface area (TPSA) is 77.2 Å². The molecule has 2 unspecified atom stereocenters. The highest BCUT2D eigenvalue weighted by atomic mass is 31.2. The van der Waals surface area contributed by atoms with Crippen molar-refractivity contribution in [3.63, 3.8) is 0 Å². The van der Waals surface area contributed by atoms with E-state index in [1.165, 1.54) is 14.2 Å². The Balaban J connectivity index is 2.76. The highest BCUT2D eigenvalue weighted by molar-refractivity contribution is 7.55. The van der Waals surface area contributed by atoms with E-state index in [0.29, 0.717) is 0 Å². The Morgan fingerprint density at radius 2 is 1.82 bits per heavy atom. The van der Waals surface area contributed by atoms with Crippen LogP contribution in [0.4, 0.5) is 0 Å². The average molecular weight is 265 g/mol. The Morgan fingerprint density at radius 3 is 2.18 bits per heavy atom. The van der Waals surface area contributed by atoms with Gasteiger partial charge in [-0.1, -0.05) is 0 Å². The zero-order chi connectivity index (χ0) is 13.5. The van der Waals surface area contributed by atoms with E-state index in [9.17, 15) is 9.36 Å². The standard InChI is InChI=1S/C10H20NO5P/c1-9(2,3)11-8(12)7-10(4,16-7)17(13,14-5)15-6/h7H,1-6H3,(H,11,12). The Morgan fingerprint density at radius 1 is 1.35 bits per heavy atom. The van der Waals surface area contributed by atoms with E-state index < -0.39 is 19.0 Å². The molecule has 7 heteroatoms. The van der Waals surface area contributed by atoms with Crippen molar-refractivity contribution in [2.24, 2.45) is 0 Å². The van der Waals surface area contributed by atoms with E-state index in [1.807, 2.05) is 20.8 Å². The molecule has 1 N–H and O–H groups in total. The molecule has 100 valence electrons. The minimum Gasteiger partial charge on any atom is -0.349 e. The van der Waals surface area contributed by atoms with E-state index in [4.69, 9.17) is 13.8 Å². The molecule has 1 saturated heterocycles. The number of hydrogen-bond donors (Lipinski definition) is 1. The van der Waals surface area contributed by atoms with E-state index in [-0.39, 0.29) is 11.4 Å². The molecule has 0 spiro atoms. The maximum atomic E-state index is 12.2. The molecule has 2 atom stereocenters. The van der Waals surface area contributed by atoms with Gasteiger partial charge in [-0.05, 0) is 27.7 Å². The van der Waals surface area contributed by atoms with E-state index >= 15 is 0 Å². The molecule has 0 saturated carbocycles. The van der Waals surface area contributed by atoms with Gasteiger partial charge in [-0.15, -0.1) is 0 Å². The van der Waals surface area contributed by atoms with E-state index in [0.717, 1.165) is 0 Å². The van der Waals surface area contributed by atoms with Crippen molar-refractivity contribution in [2.75, 3.05) is 14.2 Å². The molecule has 6 nitrogen and oxygen atoms in total. The fourth-order valence-electron chi connectivity index (χ4n) is 1.58. The summed E-state index contributed by atoms with van der Waals surface area (Å²) in [6, 6.07) is 0. The van der Waals surface area contributed by atoms with Crippen LogP contribution < -0.4 is 5.32 Å². The van der Waals surface area contributed by atoms with Crippen LogP contribution in [0.25, 0.3) is 0 Å². The molecular formula is C10H20NO5P. The number of carbonyl (C=O) groups is 1. The number of nitrogens with one attached hydrogen (secondary N) is 1. The second-order valence-corrected chi connectivity index (χ2v) is 7.77. The monoisotopic (exact) mass is 265 g/mol. The minimum absolute atomic E-state index is 0.311. The Bertz CT molecular complexity index is 356. The lowest BCUT2D eigenvalue weighted by Crippen LogP contribution is -2.44. The van der Waals surface area contributed by atoms with Gasteiger partial charge in [-0.25, -0.2) is 0 Å². The highest BCUT2D eigenvalue weighted by Gasteiger charge is 2.70. The Labute approximate surface area is 102 Å². The van der Waals surface area contributed by atoms with Gasteiger partial charge in [0.05, 0.1) is 0 Å². The molecule has 1 fully saturated rings. The van der Waals surface area contributed by atoms with Crippen LogP contribution in [0.5, 0.6) is 0 Å².